The average molecular weight is 279 g/mol. The fourth-order valence-electron chi connectivity index (χ4n) is 2.48. The number of halogens is 1. The van der Waals surface area contributed by atoms with Gasteiger partial charge in [0.2, 0.25) is 0 Å². The lowest BCUT2D eigenvalue weighted by molar-refractivity contribution is 0.738. The van der Waals surface area contributed by atoms with E-state index >= 15 is 0 Å². The van der Waals surface area contributed by atoms with Gasteiger partial charge in [0.15, 0.2) is 0 Å². The minimum Gasteiger partial charge on any atom is -0.367 e. The number of nitrogens with zero attached hydrogens (tertiary/aromatic N) is 1. The molecule has 0 spiro atoms. The van der Waals surface area contributed by atoms with Crippen molar-refractivity contribution in [2.75, 3.05) is 11.4 Å². The first-order valence-electron chi connectivity index (χ1n) is 6.06. The van der Waals surface area contributed by atoms with Crippen LogP contribution in [0.1, 0.15) is 16.0 Å². The van der Waals surface area contributed by atoms with E-state index in [-0.39, 0.29) is 0 Å². The predicted molar refractivity (Wildman–Crippen MR) is 78.4 cm³/mol. The maximum absolute atomic E-state index is 6.03. The van der Waals surface area contributed by atoms with Crippen LogP contribution in [0, 0.1) is 0 Å². The standard InChI is InChI=1S/C14H15ClN2S/c15-12-1-2-13(11(7-12)8-16)17-5-3-14-10(9-17)4-6-18-14/h1-2,4,6-7H,3,5,8-9,16H2. The highest BCUT2D eigenvalue weighted by Crippen LogP contribution is 2.30. The number of anilines is 1. The Kier molecular flexibility index (Phi) is 3.29. The van der Waals surface area contributed by atoms with Crippen LogP contribution in [0.3, 0.4) is 0 Å². The molecule has 0 fully saturated rings. The molecule has 1 aromatic carbocycles. The molecule has 0 radical (unpaired) electrons. The molecule has 0 amide bonds. The average Bonchev–Trinajstić information content (AvgIpc) is 2.85. The molecule has 0 saturated heterocycles. The summed E-state index contributed by atoms with van der Waals surface area (Å²) in [4.78, 5) is 3.92. The zero-order valence-electron chi connectivity index (χ0n) is 10.0. The van der Waals surface area contributed by atoms with Crippen LogP contribution in [0.2, 0.25) is 5.02 Å². The van der Waals surface area contributed by atoms with Gasteiger partial charge in [-0.2, -0.15) is 0 Å². The molecule has 0 aliphatic carbocycles. The van der Waals surface area contributed by atoms with Crippen molar-refractivity contribution in [3.63, 3.8) is 0 Å². The number of hydrogen-bond donors (Lipinski definition) is 1. The number of nitrogens with two attached hydrogens (primary N) is 1. The van der Waals surface area contributed by atoms with Crippen molar-refractivity contribution in [3.8, 4) is 0 Å². The summed E-state index contributed by atoms with van der Waals surface area (Å²) in [5.74, 6) is 0. The molecule has 0 atom stereocenters. The predicted octanol–water partition coefficient (Wildman–Crippen LogP) is 3.42. The quantitative estimate of drug-likeness (QED) is 0.912. The first kappa shape index (κ1) is 12.0. The molecule has 4 heteroatoms. The second kappa shape index (κ2) is 4.92. The number of hydrogen-bond acceptors (Lipinski definition) is 3. The van der Waals surface area contributed by atoms with Crippen molar-refractivity contribution >= 4 is 28.6 Å². The Balaban J connectivity index is 1.93. The molecule has 1 aliphatic heterocycles. The molecule has 0 unspecified atom stereocenters. The van der Waals surface area contributed by atoms with E-state index in [2.05, 4.69) is 22.4 Å². The third kappa shape index (κ3) is 2.14. The summed E-state index contributed by atoms with van der Waals surface area (Å²) in [5, 5.41) is 2.94. The Morgan fingerprint density at radius 1 is 1.33 bits per heavy atom. The molecule has 1 aromatic heterocycles. The Morgan fingerprint density at radius 3 is 3.06 bits per heavy atom. The van der Waals surface area contributed by atoms with Gasteiger partial charge in [-0.1, -0.05) is 11.6 Å². The van der Waals surface area contributed by atoms with Crippen LogP contribution in [0.25, 0.3) is 0 Å². The zero-order chi connectivity index (χ0) is 12.5. The van der Waals surface area contributed by atoms with Crippen molar-refractivity contribution in [1.29, 1.82) is 0 Å². The van der Waals surface area contributed by atoms with Crippen LogP contribution in [0.15, 0.2) is 29.6 Å². The second-order valence-electron chi connectivity index (χ2n) is 4.52. The molecule has 0 bridgehead atoms. The van der Waals surface area contributed by atoms with Gasteiger partial charge in [-0.3, -0.25) is 0 Å². The number of rotatable bonds is 2. The van der Waals surface area contributed by atoms with E-state index in [9.17, 15) is 0 Å². The van der Waals surface area contributed by atoms with Crippen LogP contribution < -0.4 is 10.6 Å². The summed E-state index contributed by atoms with van der Waals surface area (Å²) in [6, 6.07) is 8.23. The highest BCUT2D eigenvalue weighted by molar-refractivity contribution is 7.10. The monoisotopic (exact) mass is 278 g/mol. The Morgan fingerprint density at radius 2 is 2.22 bits per heavy atom. The van der Waals surface area contributed by atoms with E-state index in [4.69, 9.17) is 17.3 Å². The maximum atomic E-state index is 6.03. The largest absolute Gasteiger partial charge is 0.367 e. The molecule has 2 heterocycles. The summed E-state index contributed by atoms with van der Waals surface area (Å²) in [7, 11) is 0. The van der Waals surface area contributed by atoms with E-state index in [1.54, 1.807) is 0 Å². The van der Waals surface area contributed by atoms with E-state index < -0.39 is 0 Å². The lowest BCUT2D eigenvalue weighted by Gasteiger charge is -2.30. The lowest BCUT2D eigenvalue weighted by atomic mass is 10.1. The molecule has 2 N–H and O–H groups in total. The fraction of sp³-hybridized carbons (Fsp3) is 0.286. The van der Waals surface area contributed by atoms with Gasteiger partial charge in [0.05, 0.1) is 0 Å². The summed E-state index contributed by atoms with van der Waals surface area (Å²) < 4.78 is 0. The molecule has 2 nitrogen and oxygen atoms in total. The zero-order valence-corrected chi connectivity index (χ0v) is 11.6. The van der Waals surface area contributed by atoms with E-state index in [0.29, 0.717) is 6.54 Å². The summed E-state index contributed by atoms with van der Waals surface area (Å²) in [5.41, 5.74) is 9.61. The van der Waals surface area contributed by atoms with Crippen molar-refractivity contribution in [1.82, 2.24) is 0 Å². The van der Waals surface area contributed by atoms with Crippen LogP contribution in [-0.2, 0) is 19.5 Å². The normalized spacial score (nSPS) is 14.7. The van der Waals surface area contributed by atoms with Gasteiger partial charge in [0.25, 0.3) is 0 Å². The summed E-state index contributed by atoms with van der Waals surface area (Å²) >= 11 is 7.89. The summed E-state index contributed by atoms with van der Waals surface area (Å²) in [6.45, 7) is 2.57. The fourth-order valence-corrected chi connectivity index (χ4v) is 3.56. The number of fused-ring (bicyclic) bond motifs is 1. The highest BCUT2D eigenvalue weighted by Gasteiger charge is 2.19. The van der Waals surface area contributed by atoms with Crippen LogP contribution in [-0.4, -0.2) is 6.54 Å². The van der Waals surface area contributed by atoms with Gasteiger partial charge in [-0.25, -0.2) is 0 Å². The van der Waals surface area contributed by atoms with Crippen molar-refractivity contribution in [2.45, 2.75) is 19.5 Å². The molecule has 3 rings (SSSR count). The first-order chi connectivity index (χ1) is 8.78. The van der Waals surface area contributed by atoms with Crippen LogP contribution >= 0.6 is 22.9 Å². The van der Waals surface area contributed by atoms with Crippen LogP contribution in [0.5, 0.6) is 0 Å². The van der Waals surface area contributed by atoms with Crippen molar-refractivity contribution < 1.29 is 0 Å². The number of benzene rings is 1. The van der Waals surface area contributed by atoms with Gasteiger partial charge < -0.3 is 10.6 Å². The van der Waals surface area contributed by atoms with Crippen molar-refractivity contribution in [2.24, 2.45) is 5.73 Å². The number of thiophene rings is 1. The van der Waals surface area contributed by atoms with Gasteiger partial charge in [0, 0.05) is 35.2 Å². The third-order valence-corrected chi connectivity index (χ3v) is 4.67. The van der Waals surface area contributed by atoms with Gasteiger partial charge in [-0.15, -0.1) is 11.3 Å². The van der Waals surface area contributed by atoms with Gasteiger partial charge in [-0.05, 0) is 47.2 Å². The first-order valence-corrected chi connectivity index (χ1v) is 7.32. The lowest BCUT2D eigenvalue weighted by Crippen LogP contribution is -2.30. The Bertz CT molecular complexity index is 565. The Labute approximate surface area is 116 Å². The summed E-state index contributed by atoms with van der Waals surface area (Å²) in [6.07, 6.45) is 1.12. The molecular formula is C14H15ClN2S. The minimum atomic E-state index is 0.531. The van der Waals surface area contributed by atoms with E-state index in [0.717, 1.165) is 30.1 Å². The topological polar surface area (TPSA) is 29.3 Å². The molecule has 94 valence electrons. The molecule has 0 saturated carbocycles. The maximum Gasteiger partial charge on any atom is 0.0440 e. The third-order valence-electron chi connectivity index (χ3n) is 3.41. The molecule has 1 aliphatic rings. The van der Waals surface area contributed by atoms with Gasteiger partial charge in [0.1, 0.15) is 0 Å². The molecule has 2 aromatic rings. The minimum absolute atomic E-state index is 0.531. The second-order valence-corrected chi connectivity index (χ2v) is 5.95. The molecule has 18 heavy (non-hydrogen) atoms. The Hall–Kier alpha value is -1.03. The van der Waals surface area contributed by atoms with Crippen molar-refractivity contribution in [3.05, 3.63) is 50.7 Å². The SMILES string of the molecule is NCc1cc(Cl)ccc1N1CCc2sccc2C1. The van der Waals surface area contributed by atoms with E-state index in [1.807, 2.05) is 23.5 Å². The molecular weight excluding hydrogens is 264 g/mol. The van der Waals surface area contributed by atoms with E-state index in [1.165, 1.54) is 16.1 Å². The highest BCUT2D eigenvalue weighted by atomic mass is 35.5. The smallest absolute Gasteiger partial charge is 0.0440 e. The van der Waals surface area contributed by atoms with Crippen LogP contribution in [0.4, 0.5) is 5.69 Å². The van der Waals surface area contributed by atoms with Gasteiger partial charge >= 0.3 is 0 Å².